The summed E-state index contributed by atoms with van der Waals surface area (Å²) in [5, 5.41) is 0. The van der Waals surface area contributed by atoms with Crippen molar-refractivity contribution in [2.45, 2.75) is 20.0 Å². The second kappa shape index (κ2) is 8.32. The van der Waals surface area contributed by atoms with Crippen LogP contribution < -0.4 is 9.47 Å². The molecule has 0 aliphatic rings. The molecule has 2 aromatic carbocycles. The zero-order valence-corrected chi connectivity index (χ0v) is 12.7. The standard InChI is InChI=1S/C18H22O3/c1-3-15-7-6-9-17(13-15)21-14-16-8-4-5-10-18(16)20-12-11-19-2/h4-10,13H,3,11-12,14H2,1-2H3. The van der Waals surface area contributed by atoms with Gasteiger partial charge in [-0.15, -0.1) is 0 Å². The lowest BCUT2D eigenvalue weighted by atomic mass is 10.1. The molecule has 0 saturated heterocycles. The zero-order valence-electron chi connectivity index (χ0n) is 12.7. The summed E-state index contributed by atoms with van der Waals surface area (Å²) in [4.78, 5) is 0. The molecule has 0 aliphatic heterocycles. The van der Waals surface area contributed by atoms with Crippen LogP contribution in [0.4, 0.5) is 0 Å². The van der Waals surface area contributed by atoms with Gasteiger partial charge < -0.3 is 14.2 Å². The number of hydrogen-bond donors (Lipinski definition) is 0. The Morgan fingerprint density at radius 3 is 2.57 bits per heavy atom. The number of benzene rings is 2. The van der Waals surface area contributed by atoms with Crippen molar-refractivity contribution in [1.29, 1.82) is 0 Å². The van der Waals surface area contributed by atoms with Gasteiger partial charge in [0, 0.05) is 12.7 Å². The van der Waals surface area contributed by atoms with Crippen molar-refractivity contribution in [3.05, 3.63) is 59.7 Å². The highest BCUT2D eigenvalue weighted by Gasteiger charge is 2.04. The third-order valence-electron chi connectivity index (χ3n) is 3.22. The van der Waals surface area contributed by atoms with Gasteiger partial charge >= 0.3 is 0 Å². The smallest absolute Gasteiger partial charge is 0.126 e. The van der Waals surface area contributed by atoms with Gasteiger partial charge in [0.15, 0.2) is 0 Å². The molecule has 112 valence electrons. The van der Waals surface area contributed by atoms with Crippen molar-refractivity contribution in [2.24, 2.45) is 0 Å². The molecule has 0 saturated carbocycles. The van der Waals surface area contributed by atoms with E-state index in [1.807, 2.05) is 36.4 Å². The fourth-order valence-corrected chi connectivity index (χ4v) is 2.02. The van der Waals surface area contributed by atoms with Crippen molar-refractivity contribution < 1.29 is 14.2 Å². The van der Waals surface area contributed by atoms with Crippen LogP contribution in [0.3, 0.4) is 0 Å². The molecule has 3 heteroatoms. The lowest BCUT2D eigenvalue weighted by molar-refractivity contribution is 0.144. The van der Waals surface area contributed by atoms with E-state index in [1.165, 1.54) is 5.56 Å². The number of rotatable bonds is 8. The van der Waals surface area contributed by atoms with Gasteiger partial charge in [-0.1, -0.05) is 37.3 Å². The Morgan fingerprint density at radius 1 is 0.905 bits per heavy atom. The van der Waals surface area contributed by atoms with Crippen LogP contribution >= 0.6 is 0 Å². The second-order valence-corrected chi connectivity index (χ2v) is 4.74. The molecule has 0 fully saturated rings. The lowest BCUT2D eigenvalue weighted by Gasteiger charge is -2.12. The van der Waals surface area contributed by atoms with Crippen LogP contribution in [-0.4, -0.2) is 20.3 Å². The molecule has 21 heavy (non-hydrogen) atoms. The molecule has 0 atom stereocenters. The molecule has 3 nitrogen and oxygen atoms in total. The molecule has 0 heterocycles. The number of aryl methyl sites for hydroxylation is 1. The first-order chi connectivity index (χ1) is 10.3. The van der Waals surface area contributed by atoms with Crippen LogP contribution in [0.2, 0.25) is 0 Å². The summed E-state index contributed by atoms with van der Waals surface area (Å²) in [5.74, 6) is 1.74. The van der Waals surface area contributed by atoms with Gasteiger partial charge in [-0.3, -0.25) is 0 Å². The van der Waals surface area contributed by atoms with E-state index in [4.69, 9.17) is 14.2 Å². The van der Waals surface area contributed by atoms with Crippen molar-refractivity contribution in [3.63, 3.8) is 0 Å². The maximum Gasteiger partial charge on any atom is 0.126 e. The predicted octanol–water partition coefficient (Wildman–Crippen LogP) is 3.85. The summed E-state index contributed by atoms with van der Waals surface area (Å²) in [6, 6.07) is 16.1. The molecule has 0 aromatic heterocycles. The minimum atomic E-state index is 0.496. The highest BCUT2D eigenvalue weighted by atomic mass is 16.5. The van der Waals surface area contributed by atoms with Gasteiger partial charge in [-0.2, -0.15) is 0 Å². The molecule has 0 radical (unpaired) electrons. The number of para-hydroxylation sites is 1. The van der Waals surface area contributed by atoms with Crippen molar-refractivity contribution in [3.8, 4) is 11.5 Å². The van der Waals surface area contributed by atoms with Gasteiger partial charge in [0.1, 0.15) is 24.7 Å². The van der Waals surface area contributed by atoms with Crippen LogP contribution in [0.5, 0.6) is 11.5 Å². The summed E-state index contributed by atoms with van der Waals surface area (Å²) in [7, 11) is 1.67. The summed E-state index contributed by atoms with van der Waals surface area (Å²) >= 11 is 0. The fraction of sp³-hybridized carbons (Fsp3) is 0.333. The van der Waals surface area contributed by atoms with Crippen LogP contribution in [0, 0.1) is 0 Å². The van der Waals surface area contributed by atoms with E-state index in [-0.39, 0.29) is 0 Å². The highest BCUT2D eigenvalue weighted by Crippen LogP contribution is 2.21. The van der Waals surface area contributed by atoms with E-state index in [0.29, 0.717) is 19.8 Å². The molecule has 0 bridgehead atoms. The van der Waals surface area contributed by atoms with Gasteiger partial charge in [-0.25, -0.2) is 0 Å². The van der Waals surface area contributed by atoms with E-state index in [0.717, 1.165) is 23.5 Å². The monoisotopic (exact) mass is 286 g/mol. The van der Waals surface area contributed by atoms with Gasteiger partial charge in [-0.05, 0) is 30.2 Å². The fourth-order valence-electron chi connectivity index (χ4n) is 2.02. The molecule has 2 rings (SSSR count). The van der Waals surface area contributed by atoms with Crippen LogP contribution in [-0.2, 0) is 17.8 Å². The number of ether oxygens (including phenoxy) is 3. The van der Waals surface area contributed by atoms with Gasteiger partial charge in [0.2, 0.25) is 0 Å². The Bertz CT molecular complexity index is 552. The Labute approximate surface area is 126 Å². The first-order valence-corrected chi connectivity index (χ1v) is 7.25. The van der Waals surface area contributed by atoms with Gasteiger partial charge in [0.25, 0.3) is 0 Å². The summed E-state index contributed by atoms with van der Waals surface area (Å²) in [6.07, 6.45) is 1.01. The largest absolute Gasteiger partial charge is 0.491 e. The average molecular weight is 286 g/mol. The van der Waals surface area contributed by atoms with E-state index in [9.17, 15) is 0 Å². The summed E-state index contributed by atoms with van der Waals surface area (Å²) in [6.45, 7) is 3.75. The van der Waals surface area contributed by atoms with Gasteiger partial charge in [0.05, 0.1) is 6.61 Å². The van der Waals surface area contributed by atoms with E-state index < -0.39 is 0 Å². The van der Waals surface area contributed by atoms with Crippen LogP contribution in [0.1, 0.15) is 18.1 Å². The minimum absolute atomic E-state index is 0.496. The molecule has 0 N–H and O–H groups in total. The Morgan fingerprint density at radius 2 is 1.76 bits per heavy atom. The molecule has 0 amide bonds. The van der Waals surface area contributed by atoms with E-state index in [2.05, 4.69) is 19.1 Å². The lowest BCUT2D eigenvalue weighted by Crippen LogP contribution is -2.07. The third kappa shape index (κ3) is 4.80. The Hall–Kier alpha value is -2.00. The third-order valence-corrected chi connectivity index (χ3v) is 3.22. The van der Waals surface area contributed by atoms with Crippen molar-refractivity contribution in [2.75, 3.05) is 20.3 Å². The first-order valence-electron chi connectivity index (χ1n) is 7.25. The molecule has 0 aliphatic carbocycles. The molecular weight excluding hydrogens is 264 g/mol. The predicted molar refractivity (Wildman–Crippen MR) is 84.0 cm³/mol. The number of hydrogen-bond acceptors (Lipinski definition) is 3. The maximum atomic E-state index is 5.87. The van der Waals surface area contributed by atoms with Crippen LogP contribution in [0.15, 0.2) is 48.5 Å². The summed E-state index contributed by atoms with van der Waals surface area (Å²) < 4.78 is 16.6. The summed E-state index contributed by atoms with van der Waals surface area (Å²) in [5.41, 5.74) is 2.31. The second-order valence-electron chi connectivity index (χ2n) is 4.74. The Balaban J connectivity index is 1.98. The molecule has 2 aromatic rings. The Kier molecular flexibility index (Phi) is 6.10. The van der Waals surface area contributed by atoms with Crippen LogP contribution in [0.25, 0.3) is 0 Å². The maximum absolute atomic E-state index is 5.87. The van der Waals surface area contributed by atoms with E-state index in [1.54, 1.807) is 7.11 Å². The molecular formula is C18H22O3. The van der Waals surface area contributed by atoms with E-state index >= 15 is 0 Å². The molecule has 0 unspecified atom stereocenters. The number of methoxy groups -OCH3 is 1. The average Bonchev–Trinajstić information content (AvgIpc) is 2.54. The zero-order chi connectivity index (χ0) is 14.9. The quantitative estimate of drug-likeness (QED) is 0.690. The van der Waals surface area contributed by atoms with Crippen molar-refractivity contribution >= 4 is 0 Å². The minimum Gasteiger partial charge on any atom is -0.491 e. The highest BCUT2D eigenvalue weighted by molar-refractivity contribution is 5.34. The topological polar surface area (TPSA) is 27.7 Å². The first kappa shape index (κ1) is 15.4. The SMILES string of the molecule is CCc1cccc(OCc2ccccc2OCCOC)c1. The molecule has 0 spiro atoms. The van der Waals surface area contributed by atoms with Crippen molar-refractivity contribution in [1.82, 2.24) is 0 Å². The normalized spacial score (nSPS) is 10.4.